The first-order valence-electron chi connectivity index (χ1n) is 10.8. The zero-order valence-electron chi connectivity index (χ0n) is 18.3. The summed E-state index contributed by atoms with van der Waals surface area (Å²) in [4.78, 5) is 21.9. The molecular formula is C22H32N4O3S. The number of hydrogen-bond donors (Lipinski definition) is 1. The summed E-state index contributed by atoms with van der Waals surface area (Å²) in [5, 5.41) is 0.704. The van der Waals surface area contributed by atoms with Gasteiger partial charge in [0.05, 0.1) is 5.25 Å². The minimum atomic E-state index is -3.35. The average molecular weight is 433 g/mol. The van der Waals surface area contributed by atoms with Crippen molar-refractivity contribution in [2.24, 2.45) is 5.92 Å². The van der Waals surface area contributed by atoms with E-state index in [2.05, 4.69) is 16.0 Å². The summed E-state index contributed by atoms with van der Waals surface area (Å²) in [6, 6.07) is 4.00. The van der Waals surface area contributed by atoms with Gasteiger partial charge in [0.25, 0.3) is 0 Å². The van der Waals surface area contributed by atoms with E-state index in [1.807, 2.05) is 33.0 Å². The van der Waals surface area contributed by atoms with E-state index in [0.29, 0.717) is 31.8 Å². The Hall–Kier alpha value is -1.93. The smallest absolute Gasteiger partial charge is 0.225 e. The number of pyridine rings is 1. The zero-order valence-corrected chi connectivity index (χ0v) is 19.1. The number of H-pyrrole nitrogens is 1. The largest absolute Gasteiger partial charge is 0.346 e. The zero-order chi connectivity index (χ0) is 21.7. The fourth-order valence-corrected chi connectivity index (χ4v) is 6.65. The molecule has 0 radical (unpaired) electrons. The molecule has 0 aromatic carbocycles. The van der Waals surface area contributed by atoms with Crippen molar-refractivity contribution in [1.82, 2.24) is 19.2 Å². The van der Waals surface area contributed by atoms with E-state index in [9.17, 15) is 13.2 Å². The van der Waals surface area contributed by atoms with Crippen molar-refractivity contribution >= 4 is 27.0 Å². The molecular weight excluding hydrogens is 400 g/mol. The van der Waals surface area contributed by atoms with Gasteiger partial charge in [-0.2, -0.15) is 0 Å². The molecule has 2 aliphatic rings. The van der Waals surface area contributed by atoms with Crippen molar-refractivity contribution in [2.45, 2.75) is 63.2 Å². The third kappa shape index (κ3) is 3.75. The molecule has 7 nitrogen and oxygen atoms in total. The van der Waals surface area contributed by atoms with Crippen LogP contribution in [0.2, 0.25) is 0 Å². The van der Waals surface area contributed by atoms with E-state index in [0.717, 1.165) is 23.9 Å². The second kappa shape index (κ2) is 7.64. The first kappa shape index (κ1) is 21.3. The van der Waals surface area contributed by atoms with E-state index < -0.39 is 15.3 Å². The molecule has 4 rings (SSSR count). The van der Waals surface area contributed by atoms with Crippen LogP contribution >= 0.6 is 0 Å². The maximum atomic E-state index is 13.1. The predicted octanol–water partition coefficient (Wildman–Crippen LogP) is 3.11. The van der Waals surface area contributed by atoms with Gasteiger partial charge < -0.3 is 9.88 Å². The molecule has 1 amide bonds. The average Bonchev–Trinajstić information content (AvgIpc) is 3.09. The second-order valence-electron chi connectivity index (χ2n) is 9.72. The van der Waals surface area contributed by atoms with Gasteiger partial charge in [-0.3, -0.25) is 4.79 Å². The highest BCUT2D eigenvalue weighted by atomic mass is 32.2. The first-order chi connectivity index (χ1) is 14.1. The van der Waals surface area contributed by atoms with E-state index in [1.165, 1.54) is 5.56 Å². The molecule has 2 aromatic heterocycles. The lowest BCUT2D eigenvalue weighted by molar-refractivity contribution is -0.141. The molecule has 8 heteroatoms. The van der Waals surface area contributed by atoms with Gasteiger partial charge >= 0.3 is 0 Å². The van der Waals surface area contributed by atoms with Crippen LogP contribution in [0.4, 0.5) is 0 Å². The molecule has 0 unspecified atom stereocenters. The van der Waals surface area contributed by atoms with Crippen LogP contribution in [0.15, 0.2) is 24.5 Å². The van der Waals surface area contributed by atoms with E-state index >= 15 is 0 Å². The number of nitrogens with one attached hydrogen (secondary N) is 1. The fraction of sp³-hybridized carbons (Fsp3) is 0.636. The number of fused-ring (bicyclic) bond motifs is 1. The number of rotatable bonds is 4. The SMILES string of the molecule is CN(C(=O)[C@H]1C[C@@H](S(=O)(=O)N2CCC(c3c[nH]c4ncccc34)CC2)C1)C(C)(C)C. The summed E-state index contributed by atoms with van der Waals surface area (Å²) < 4.78 is 27.8. The standard InChI is InChI=1S/C22H32N4O3S/c1-22(2,3)25(4)21(27)16-12-17(13-16)30(28,29)26-10-7-15(8-11-26)19-14-24-20-18(19)6-5-9-23-20/h5-6,9,14-17H,7-8,10-13H2,1-4H3,(H,23,24)/t16-,17+. The molecule has 3 heterocycles. The van der Waals surface area contributed by atoms with Crippen LogP contribution in [0.3, 0.4) is 0 Å². The topological polar surface area (TPSA) is 86.4 Å². The third-order valence-electron chi connectivity index (χ3n) is 6.94. The molecule has 30 heavy (non-hydrogen) atoms. The normalized spacial score (nSPS) is 24.0. The predicted molar refractivity (Wildman–Crippen MR) is 118 cm³/mol. The van der Waals surface area contributed by atoms with Gasteiger partial charge in [-0.15, -0.1) is 0 Å². The van der Waals surface area contributed by atoms with Crippen molar-refractivity contribution in [3.63, 3.8) is 0 Å². The van der Waals surface area contributed by atoms with Gasteiger partial charge in [-0.1, -0.05) is 0 Å². The van der Waals surface area contributed by atoms with Crippen LogP contribution in [0, 0.1) is 5.92 Å². The summed E-state index contributed by atoms with van der Waals surface area (Å²) in [5.74, 6) is 0.219. The molecule has 1 N–H and O–H groups in total. The first-order valence-corrected chi connectivity index (χ1v) is 12.3. The lowest BCUT2D eigenvalue weighted by atomic mass is 9.83. The summed E-state index contributed by atoms with van der Waals surface area (Å²) in [7, 11) is -1.54. The molecule has 1 saturated carbocycles. The molecule has 1 saturated heterocycles. The van der Waals surface area contributed by atoms with Crippen molar-refractivity contribution < 1.29 is 13.2 Å². The molecule has 0 spiro atoms. The molecule has 0 atom stereocenters. The molecule has 2 aromatic rings. The van der Waals surface area contributed by atoms with Gasteiger partial charge in [0, 0.05) is 49.4 Å². The summed E-state index contributed by atoms with van der Waals surface area (Å²) in [5.41, 5.74) is 1.86. The number of piperidine rings is 1. The van der Waals surface area contributed by atoms with Crippen LogP contribution in [0.1, 0.15) is 57.9 Å². The minimum absolute atomic E-state index is 0.0561. The number of carbonyl (C=O) groups is 1. The number of sulfonamides is 1. The van der Waals surface area contributed by atoms with Crippen molar-refractivity contribution in [2.75, 3.05) is 20.1 Å². The van der Waals surface area contributed by atoms with Crippen molar-refractivity contribution in [3.05, 3.63) is 30.1 Å². The van der Waals surface area contributed by atoms with E-state index in [1.54, 1.807) is 22.4 Å². The van der Waals surface area contributed by atoms with Gasteiger partial charge in [0.1, 0.15) is 5.65 Å². The van der Waals surface area contributed by atoms with Crippen molar-refractivity contribution in [3.8, 4) is 0 Å². The molecule has 0 bridgehead atoms. The number of carbonyl (C=O) groups excluding carboxylic acids is 1. The summed E-state index contributed by atoms with van der Waals surface area (Å²) >= 11 is 0. The van der Waals surface area contributed by atoms with E-state index in [-0.39, 0.29) is 17.4 Å². The third-order valence-corrected chi connectivity index (χ3v) is 9.25. The molecule has 1 aliphatic carbocycles. The van der Waals surface area contributed by atoms with Gasteiger partial charge in [0.15, 0.2) is 0 Å². The van der Waals surface area contributed by atoms with Crippen LogP contribution in [-0.4, -0.2) is 64.4 Å². The lowest BCUT2D eigenvalue weighted by Crippen LogP contribution is -2.53. The van der Waals surface area contributed by atoms with E-state index in [4.69, 9.17) is 0 Å². The lowest BCUT2D eigenvalue weighted by Gasteiger charge is -2.42. The van der Waals surface area contributed by atoms with Gasteiger partial charge in [-0.05, 0) is 70.1 Å². The summed E-state index contributed by atoms with van der Waals surface area (Å²) in [6.07, 6.45) is 6.28. The molecule has 2 fully saturated rings. The van der Waals surface area contributed by atoms with Crippen LogP contribution < -0.4 is 0 Å². The Labute approximate surface area is 178 Å². The Morgan fingerprint density at radius 3 is 2.53 bits per heavy atom. The Morgan fingerprint density at radius 1 is 1.23 bits per heavy atom. The highest BCUT2D eigenvalue weighted by Crippen LogP contribution is 2.39. The fourth-order valence-electron chi connectivity index (χ4n) is 4.56. The van der Waals surface area contributed by atoms with Crippen LogP contribution in [-0.2, 0) is 14.8 Å². The maximum absolute atomic E-state index is 13.1. The Kier molecular flexibility index (Phi) is 5.43. The molecule has 164 valence electrons. The number of amides is 1. The van der Waals surface area contributed by atoms with Crippen LogP contribution in [0.5, 0.6) is 0 Å². The second-order valence-corrected chi connectivity index (χ2v) is 11.9. The van der Waals surface area contributed by atoms with Gasteiger partial charge in [-0.25, -0.2) is 17.7 Å². The number of nitrogens with zero attached hydrogens (tertiary/aromatic N) is 3. The van der Waals surface area contributed by atoms with Crippen molar-refractivity contribution in [1.29, 1.82) is 0 Å². The number of aromatic amines is 1. The minimum Gasteiger partial charge on any atom is -0.346 e. The Bertz CT molecular complexity index is 1030. The van der Waals surface area contributed by atoms with Crippen LogP contribution in [0.25, 0.3) is 11.0 Å². The molecule has 1 aliphatic heterocycles. The maximum Gasteiger partial charge on any atom is 0.225 e. The highest BCUT2D eigenvalue weighted by Gasteiger charge is 2.47. The number of hydrogen-bond acceptors (Lipinski definition) is 4. The highest BCUT2D eigenvalue weighted by molar-refractivity contribution is 7.89. The Morgan fingerprint density at radius 2 is 1.90 bits per heavy atom. The number of aromatic nitrogens is 2. The Balaban J connectivity index is 1.35. The van der Waals surface area contributed by atoms with Gasteiger partial charge in [0.2, 0.25) is 15.9 Å². The monoisotopic (exact) mass is 432 g/mol. The summed E-state index contributed by atoms with van der Waals surface area (Å²) in [6.45, 7) is 7.05. The quantitative estimate of drug-likeness (QED) is 0.804.